The summed E-state index contributed by atoms with van der Waals surface area (Å²) in [5, 5.41) is 2.52. The molecule has 2 rings (SSSR count). The predicted molar refractivity (Wildman–Crippen MR) is 65.5 cm³/mol. The molecular formula is C14H16O2. The molecule has 0 N–H and O–H groups in total. The van der Waals surface area contributed by atoms with E-state index in [-0.39, 0.29) is 6.29 Å². The molecule has 0 amide bonds. The van der Waals surface area contributed by atoms with Gasteiger partial charge in [0.05, 0.1) is 0 Å². The first-order valence-electron chi connectivity index (χ1n) is 5.37. The lowest BCUT2D eigenvalue weighted by molar-refractivity contribution is -0.100. The van der Waals surface area contributed by atoms with Crippen LogP contribution in [0.15, 0.2) is 42.5 Å². The average molecular weight is 216 g/mol. The molecule has 16 heavy (non-hydrogen) atoms. The van der Waals surface area contributed by atoms with Crippen LogP contribution < -0.4 is 0 Å². The van der Waals surface area contributed by atoms with E-state index in [1.807, 2.05) is 0 Å². The molecule has 0 aliphatic heterocycles. The number of rotatable bonds is 4. The van der Waals surface area contributed by atoms with Crippen molar-refractivity contribution in [1.82, 2.24) is 0 Å². The standard InChI is InChI=1S/C14H16O2/c1-15-14(16-2)10-11-7-8-12-5-3-4-6-13(12)9-11/h3-9,14H,10H2,1-2H3. The third kappa shape index (κ3) is 2.40. The minimum atomic E-state index is -0.166. The highest BCUT2D eigenvalue weighted by Gasteiger charge is 2.06. The molecule has 84 valence electrons. The van der Waals surface area contributed by atoms with Gasteiger partial charge in [-0.15, -0.1) is 0 Å². The largest absolute Gasteiger partial charge is 0.356 e. The Kier molecular flexibility index (Phi) is 3.54. The van der Waals surface area contributed by atoms with E-state index in [0.717, 1.165) is 6.42 Å². The fourth-order valence-electron chi connectivity index (χ4n) is 1.82. The summed E-state index contributed by atoms with van der Waals surface area (Å²) in [5.74, 6) is 0. The van der Waals surface area contributed by atoms with Crippen molar-refractivity contribution in [3.8, 4) is 0 Å². The summed E-state index contributed by atoms with van der Waals surface area (Å²) in [7, 11) is 3.32. The molecule has 0 aliphatic rings. The molecule has 0 aromatic heterocycles. The van der Waals surface area contributed by atoms with E-state index in [2.05, 4.69) is 42.5 Å². The van der Waals surface area contributed by atoms with Crippen LogP contribution in [0.4, 0.5) is 0 Å². The number of hydrogen-bond donors (Lipinski definition) is 0. The summed E-state index contributed by atoms with van der Waals surface area (Å²) in [4.78, 5) is 0. The summed E-state index contributed by atoms with van der Waals surface area (Å²) in [6, 6.07) is 14.8. The highest BCUT2D eigenvalue weighted by Crippen LogP contribution is 2.17. The zero-order valence-electron chi connectivity index (χ0n) is 9.64. The molecule has 2 aromatic rings. The first kappa shape index (κ1) is 11.1. The van der Waals surface area contributed by atoms with Crippen LogP contribution in [0.2, 0.25) is 0 Å². The summed E-state index contributed by atoms with van der Waals surface area (Å²) in [6.45, 7) is 0. The van der Waals surface area contributed by atoms with E-state index in [0.29, 0.717) is 0 Å². The van der Waals surface area contributed by atoms with Crippen LogP contribution in [0, 0.1) is 0 Å². The minimum absolute atomic E-state index is 0.166. The Labute approximate surface area is 95.8 Å². The average Bonchev–Trinajstić information content (AvgIpc) is 2.35. The van der Waals surface area contributed by atoms with Gasteiger partial charge in [-0.05, 0) is 16.3 Å². The third-order valence-electron chi connectivity index (χ3n) is 2.74. The molecule has 0 fully saturated rings. The van der Waals surface area contributed by atoms with Gasteiger partial charge >= 0.3 is 0 Å². The Balaban J connectivity index is 2.25. The van der Waals surface area contributed by atoms with Gasteiger partial charge in [-0.1, -0.05) is 42.5 Å². The molecule has 0 spiro atoms. The van der Waals surface area contributed by atoms with Crippen molar-refractivity contribution in [3.63, 3.8) is 0 Å². The van der Waals surface area contributed by atoms with Gasteiger partial charge in [0.15, 0.2) is 6.29 Å². The molecule has 0 unspecified atom stereocenters. The van der Waals surface area contributed by atoms with Crippen LogP contribution in [0.1, 0.15) is 5.56 Å². The van der Waals surface area contributed by atoms with E-state index in [4.69, 9.17) is 9.47 Å². The maximum Gasteiger partial charge on any atom is 0.160 e. The summed E-state index contributed by atoms with van der Waals surface area (Å²) in [5.41, 5.74) is 1.23. The maximum atomic E-state index is 5.19. The third-order valence-corrected chi connectivity index (χ3v) is 2.74. The molecule has 0 bridgehead atoms. The monoisotopic (exact) mass is 216 g/mol. The number of fused-ring (bicyclic) bond motifs is 1. The van der Waals surface area contributed by atoms with Crippen molar-refractivity contribution in [1.29, 1.82) is 0 Å². The molecule has 0 radical (unpaired) electrons. The first-order valence-corrected chi connectivity index (χ1v) is 5.37. The second-order valence-corrected chi connectivity index (χ2v) is 3.79. The van der Waals surface area contributed by atoms with Gasteiger partial charge in [0.1, 0.15) is 0 Å². The Morgan fingerprint density at radius 3 is 2.31 bits per heavy atom. The molecule has 0 heterocycles. The van der Waals surface area contributed by atoms with Crippen LogP contribution in [0.3, 0.4) is 0 Å². The van der Waals surface area contributed by atoms with Crippen LogP contribution in [0.5, 0.6) is 0 Å². The highest BCUT2D eigenvalue weighted by atomic mass is 16.7. The SMILES string of the molecule is COC(Cc1ccc2ccccc2c1)OC. The molecule has 0 saturated carbocycles. The fraction of sp³-hybridized carbons (Fsp3) is 0.286. The Morgan fingerprint density at radius 2 is 1.62 bits per heavy atom. The summed E-state index contributed by atoms with van der Waals surface area (Å²) >= 11 is 0. The Morgan fingerprint density at radius 1 is 0.938 bits per heavy atom. The second-order valence-electron chi connectivity index (χ2n) is 3.79. The quantitative estimate of drug-likeness (QED) is 0.731. The molecule has 2 heteroatoms. The molecule has 0 atom stereocenters. The molecule has 0 saturated heterocycles. The lowest BCUT2D eigenvalue weighted by atomic mass is 10.1. The smallest absolute Gasteiger partial charge is 0.160 e. The van der Waals surface area contributed by atoms with Crippen LogP contribution in [-0.2, 0) is 15.9 Å². The highest BCUT2D eigenvalue weighted by molar-refractivity contribution is 5.82. The zero-order chi connectivity index (χ0) is 11.4. The lowest BCUT2D eigenvalue weighted by Crippen LogP contribution is -2.15. The molecule has 2 nitrogen and oxygen atoms in total. The Bertz CT molecular complexity index is 461. The maximum absolute atomic E-state index is 5.19. The number of benzene rings is 2. The van der Waals surface area contributed by atoms with Crippen LogP contribution in [0.25, 0.3) is 10.8 Å². The van der Waals surface area contributed by atoms with Crippen LogP contribution in [-0.4, -0.2) is 20.5 Å². The van der Waals surface area contributed by atoms with Gasteiger partial charge in [-0.25, -0.2) is 0 Å². The van der Waals surface area contributed by atoms with Gasteiger partial charge in [0, 0.05) is 20.6 Å². The van der Waals surface area contributed by atoms with Gasteiger partial charge in [0.25, 0.3) is 0 Å². The second kappa shape index (κ2) is 5.10. The zero-order valence-corrected chi connectivity index (χ0v) is 9.64. The minimum Gasteiger partial charge on any atom is -0.356 e. The topological polar surface area (TPSA) is 18.5 Å². The first-order chi connectivity index (χ1) is 7.83. The summed E-state index contributed by atoms with van der Waals surface area (Å²) in [6.07, 6.45) is 0.610. The van der Waals surface area contributed by atoms with E-state index in [1.165, 1.54) is 16.3 Å². The van der Waals surface area contributed by atoms with Gasteiger partial charge in [0.2, 0.25) is 0 Å². The van der Waals surface area contributed by atoms with Crippen molar-refractivity contribution in [2.45, 2.75) is 12.7 Å². The van der Waals surface area contributed by atoms with Crippen LogP contribution >= 0.6 is 0 Å². The number of methoxy groups -OCH3 is 2. The van der Waals surface area contributed by atoms with E-state index in [9.17, 15) is 0 Å². The van der Waals surface area contributed by atoms with E-state index < -0.39 is 0 Å². The Hall–Kier alpha value is -1.38. The van der Waals surface area contributed by atoms with E-state index in [1.54, 1.807) is 14.2 Å². The van der Waals surface area contributed by atoms with Gasteiger partial charge in [-0.2, -0.15) is 0 Å². The van der Waals surface area contributed by atoms with Crippen molar-refractivity contribution < 1.29 is 9.47 Å². The fourth-order valence-corrected chi connectivity index (χ4v) is 1.82. The van der Waals surface area contributed by atoms with E-state index >= 15 is 0 Å². The normalized spacial score (nSPS) is 11.2. The number of hydrogen-bond acceptors (Lipinski definition) is 2. The van der Waals surface area contributed by atoms with Gasteiger partial charge < -0.3 is 9.47 Å². The summed E-state index contributed by atoms with van der Waals surface area (Å²) < 4.78 is 10.4. The predicted octanol–water partition coefficient (Wildman–Crippen LogP) is 3.00. The van der Waals surface area contributed by atoms with Crippen molar-refractivity contribution in [2.24, 2.45) is 0 Å². The lowest BCUT2D eigenvalue weighted by Gasteiger charge is -2.13. The van der Waals surface area contributed by atoms with Crippen molar-refractivity contribution >= 4 is 10.8 Å². The molecule has 2 aromatic carbocycles. The number of ether oxygens (including phenoxy) is 2. The van der Waals surface area contributed by atoms with Gasteiger partial charge in [-0.3, -0.25) is 0 Å². The molecule has 0 aliphatic carbocycles. The van der Waals surface area contributed by atoms with Crippen molar-refractivity contribution in [2.75, 3.05) is 14.2 Å². The van der Waals surface area contributed by atoms with Crippen molar-refractivity contribution in [3.05, 3.63) is 48.0 Å². The molecular weight excluding hydrogens is 200 g/mol.